The first-order chi connectivity index (χ1) is 4.75. The first-order valence-electron chi connectivity index (χ1n) is 2.85. The Morgan fingerprint density at radius 2 is 2.60 bits per heavy atom. The maximum Gasteiger partial charge on any atom is 0.411 e. The predicted octanol–water partition coefficient (Wildman–Crippen LogP) is 0.778. The minimum atomic E-state index is -0.979. The molecule has 10 heavy (non-hydrogen) atoms. The van der Waals surface area contributed by atoms with E-state index in [9.17, 15) is 4.79 Å². The van der Waals surface area contributed by atoms with Crippen LogP contribution in [0.4, 0.5) is 4.79 Å². The van der Waals surface area contributed by atoms with Gasteiger partial charge in [-0.15, -0.1) is 0 Å². The molecule has 1 fully saturated rings. The molecule has 0 radical (unpaired) electrons. The van der Waals surface area contributed by atoms with Gasteiger partial charge in [-0.05, 0) is 0 Å². The number of hydrogen-bond acceptors (Lipinski definition) is 2. The van der Waals surface area contributed by atoms with Gasteiger partial charge in [-0.2, -0.15) is 5.26 Å². The van der Waals surface area contributed by atoms with Crippen molar-refractivity contribution in [1.29, 1.82) is 5.26 Å². The zero-order valence-electron chi connectivity index (χ0n) is 5.24. The number of hydrogen-bond donors (Lipinski definition) is 1. The van der Waals surface area contributed by atoms with E-state index in [4.69, 9.17) is 10.4 Å². The Bertz CT molecular complexity index is 226. The van der Waals surface area contributed by atoms with Gasteiger partial charge < -0.3 is 5.11 Å². The lowest BCUT2D eigenvalue weighted by Gasteiger charge is -2.30. The molecule has 0 aromatic carbocycles. The highest BCUT2D eigenvalue weighted by Crippen LogP contribution is 2.20. The zero-order chi connectivity index (χ0) is 7.56. The molecule has 1 N–H and O–H groups in total. The maximum atomic E-state index is 10.2. The normalized spacial score (nSPS) is 19.9. The fourth-order valence-corrected chi connectivity index (χ4v) is 0.796. The maximum absolute atomic E-state index is 10.2. The van der Waals surface area contributed by atoms with Crippen LogP contribution < -0.4 is 0 Å². The Labute approximate surface area is 58.0 Å². The number of carbonyl (C=O) groups is 1. The third-order valence-corrected chi connectivity index (χ3v) is 1.40. The van der Waals surface area contributed by atoms with Crippen molar-refractivity contribution in [2.75, 3.05) is 6.54 Å². The Morgan fingerprint density at radius 3 is 2.90 bits per heavy atom. The number of carboxylic acid groups (broad SMARTS) is 1. The van der Waals surface area contributed by atoms with Crippen molar-refractivity contribution in [2.45, 2.75) is 6.42 Å². The summed E-state index contributed by atoms with van der Waals surface area (Å²) < 4.78 is 0. The Hall–Kier alpha value is -1.50. The second-order valence-corrected chi connectivity index (χ2v) is 1.95. The van der Waals surface area contributed by atoms with Crippen LogP contribution in [0.1, 0.15) is 6.42 Å². The SMILES string of the molecule is N#C/C=C1/CCN1C(=O)O. The number of allylic oxidation sites excluding steroid dienone is 1. The fraction of sp³-hybridized carbons (Fsp3) is 0.333. The molecule has 0 bridgehead atoms. The summed E-state index contributed by atoms with van der Waals surface area (Å²) in [4.78, 5) is 11.4. The van der Waals surface area contributed by atoms with Crippen LogP contribution in [0, 0.1) is 11.3 Å². The molecule has 0 aromatic rings. The largest absolute Gasteiger partial charge is 0.465 e. The monoisotopic (exact) mass is 138 g/mol. The number of nitriles is 1. The van der Waals surface area contributed by atoms with Crippen LogP contribution >= 0.6 is 0 Å². The Kier molecular flexibility index (Phi) is 1.59. The summed E-state index contributed by atoms with van der Waals surface area (Å²) in [6.07, 6.45) is 0.977. The third kappa shape index (κ3) is 0.935. The van der Waals surface area contributed by atoms with Gasteiger partial charge in [0, 0.05) is 24.7 Å². The van der Waals surface area contributed by atoms with Gasteiger partial charge in [0.05, 0.1) is 6.07 Å². The van der Waals surface area contributed by atoms with Crippen LogP contribution in [0.15, 0.2) is 11.8 Å². The molecule has 1 aliphatic rings. The van der Waals surface area contributed by atoms with Crippen molar-refractivity contribution in [3.8, 4) is 6.07 Å². The van der Waals surface area contributed by atoms with Gasteiger partial charge in [-0.3, -0.25) is 4.90 Å². The van der Waals surface area contributed by atoms with Crippen LogP contribution in [-0.4, -0.2) is 22.6 Å². The summed E-state index contributed by atoms with van der Waals surface area (Å²) >= 11 is 0. The standard InChI is InChI=1S/C6H6N2O2/c7-3-1-5-2-4-8(5)6(9)10/h1H,2,4H2,(H,9,10)/b5-1-. The molecular weight excluding hydrogens is 132 g/mol. The molecule has 4 nitrogen and oxygen atoms in total. The first kappa shape index (κ1) is 6.62. The summed E-state index contributed by atoms with van der Waals surface area (Å²) in [6, 6.07) is 1.79. The average molecular weight is 138 g/mol. The number of amides is 1. The molecule has 1 heterocycles. The molecule has 4 heteroatoms. The molecule has 0 saturated carbocycles. The summed E-state index contributed by atoms with van der Waals surface area (Å²) in [5.41, 5.74) is 0.593. The van der Waals surface area contributed by atoms with Gasteiger partial charge in [-0.1, -0.05) is 0 Å². The van der Waals surface area contributed by atoms with Crippen molar-refractivity contribution < 1.29 is 9.90 Å². The van der Waals surface area contributed by atoms with Crippen molar-refractivity contribution in [3.63, 3.8) is 0 Å². The van der Waals surface area contributed by atoms with Gasteiger partial charge in [0.15, 0.2) is 0 Å². The van der Waals surface area contributed by atoms with Gasteiger partial charge >= 0.3 is 6.09 Å². The summed E-state index contributed by atoms with van der Waals surface area (Å²) in [7, 11) is 0. The quantitative estimate of drug-likeness (QED) is 0.503. The molecule has 0 unspecified atom stereocenters. The highest BCUT2D eigenvalue weighted by molar-refractivity contribution is 5.69. The first-order valence-corrected chi connectivity index (χ1v) is 2.85. The van der Waals surface area contributed by atoms with Crippen molar-refractivity contribution in [1.82, 2.24) is 4.90 Å². The highest BCUT2D eigenvalue weighted by atomic mass is 16.4. The molecule has 52 valence electrons. The van der Waals surface area contributed by atoms with E-state index < -0.39 is 6.09 Å². The second-order valence-electron chi connectivity index (χ2n) is 1.95. The molecule has 1 aliphatic heterocycles. The van der Waals surface area contributed by atoms with Gasteiger partial charge in [0.2, 0.25) is 0 Å². The van der Waals surface area contributed by atoms with Gasteiger partial charge in [-0.25, -0.2) is 4.79 Å². The van der Waals surface area contributed by atoms with Crippen LogP contribution in [0.5, 0.6) is 0 Å². The predicted molar refractivity (Wildman–Crippen MR) is 33.0 cm³/mol. The molecule has 0 atom stereocenters. The minimum Gasteiger partial charge on any atom is -0.465 e. The van der Waals surface area contributed by atoms with E-state index in [-0.39, 0.29) is 0 Å². The lowest BCUT2D eigenvalue weighted by atomic mass is 10.1. The van der Waals surface area contributed by atoms with Crippen LogP contribution in [-0.2, 0) is 0 Å². The van der Waals surface area contributed by atoms with E-state index in [0.29, 0.717) is 18.7 Å². The van der Waals surface area contributed by atoms with Gasteiger partial charge in [0.1, 0.15) is 0 Å². The summed E-state index contributed by atoms with van der Waals surface area (Å²) in [5.74, 6) is 0. The fourth-order valence-electron chi connectivity index (χ4n) is 0.796. The second kappa shape index (κ2) is 2.40. The molecule has 1 saturated heterocycles. The molecule has 0 spiro atoms. The summed E-state index contributed by atoms with van der Waals surface area (Å²) in [5, 5.41) is 16.6. The van der Waals surface area contributed by atoms with Crippen molar-refractivity contribution in [3.05, 3.63) is 11.8 Å². The van der Waals surface area contributed by atoms with E-state index >= 15 is 0 Å². The smallest absolute Gasteiger partial charge is 0.411 e. The molecule has 1 amide bonds. The van der Waals surface area contributed by atoms with E-state index in [1.807, 2.05) is 0 Å². The lowest BCUT2D eigenvalue weighted by molar-refractivity contribution is 0.141. The number of rotatable bonds is 0. The van der Waals surface area contributed by atoms with Crippen LogP contribution in [0.2, 0.25) is 0 Å². The topological polar surface area (TPSA) is 64.3 Å². The minimum absolute atomic E-state index is 0.517. The van der Waals surface area contributed by atoms with Crippen molar-refractivity contribution >= 4 is 6.09 Å². The van der Waals surface area contributed by atoms with E-state index in [1.165, 1.54) is 6.08 Å². The Morgan fingerprint density at radius 1 is 1.90 bits per heavy atom. The molecular formula is C6H6N2O2. The summed E-state index contributed by atoms with van der Waals surface area (Å²) in [6.45, 7) is 0.517. The third-order valence-electron chi connectivity index (χ3n) is 1.40. The van der Waals surface area contributed by atoms with Crippen LogP contribution in [0.25, 0.3) is 0 Å². The highest BCUT2D eigenvalue weighted by Gasteiger charge is 2.25. The zero-order valence-corrected chi connectivity index (χ0v) is 5.24. The van der Waals surface area contributed by atoms with E-state index in [2.05, 4.69) is 0 Å². The van der Waals surface area contributed by atoms with Crippen LogP contribution in [0.3, 0.4) is 0 Å². The molecule has 0 aromatic heterocycles. The molecule has 1 rings (SSSR count). The van der Waals surface area contributed by atoms with E-state index in [1.54, 1.807) is 6.07 Å². The average Bonchev–Trinajstić information content (AvgIpc) is 1.78. The molecule has 0 aliphatic carbocycles. The number of nitrogens with zero attached hydrogens (tertiary/aromatic N) is 2. The van der Waals surface area contributed by atoms with Gasteiger partial charge in [0.25, 0.3) is 0 Å². The van der Waals surface area contributed by atoms with Crippen molar-refractivity contribution in [2.24, 2.45) is 0 Å². The number of likely N-dealkylation sites (tertiary alicyclic amines) is 1. The Balaban J connectivity index is 2.62. The van der Waals surface area contributed by atoms with E-state index in [0.717, 1.165) is 4.90 Å². The lowest BCUT2D eigenvalue weighted by Crippen LogP contribution is -2.38.